The van der Waals surface area contributed by atoms with Gasteiger partial charge in [0.05, 0.1) is 12.7 Å². The highest BCUT2D eigenvalue weighted by molar-refractivity contribution is 5.83. The molecule has 0 saturated heterocycles. The van der Waals surface area contributed by atoms with E-state index in [-0.39, 0.29) is 5.75 Å². The van der Waals surface area contributed by atoms with Gasteiger partial charge >= 0.3 is 5.63 Å². The van der Waals surface area contributed by atoms with Gasteiger partial charge in [-0.05, 0) is 24.3 Å². The van der Waals surface area contributed by atoms with Crippen LogP contribution in [-0.2, 0) is 0 Å². The third-order valence-corrected chi connectivity index (χ3v) is 3.14. The molecule has 4 heteroatoms. The van der Waals surface area contributed by atoms with Crippen LogP contribution in [0, 0.1) is 0 Å². The number of phenols is 1. The molecular formula is C16H12O4. The molecule has 3 rings (SSSR count). The lowest BCUT2D eigenvalue weighted by Crippen LogP contribution is -2.02. The van der Waals surface area contributed by atoms with E-state index in [1.54, 1.807) is 49.6 Å². The summed E-state index contributed by atoms with van der Waals surface area (Å²) in [6.07, 6.45) is 0. The fourth-order valence-electron chi connectivity index (χ4n) is 2.11. The molecule has 0 radical (unpaired) electrons. The average Bonchev–Trinajstić information content (AvgIpc) is 2.47. The maximum atomic E-state index is 12.1. The van der Waals surface area contributed by atoms with Gasteiger partial charge in [0, 0.05) is 17.0 Å². The predicted octanol–water partition coefficient (Wildman–Crippen LogP) is 3.17. The number of hydrogen-bond donors (Lipinski definition) is 1. The second-order valence-corrected chi connectivity index (χ2v) is 4.37. The molecule has 20 heavy (non-hydrogen) atoms. The van der Waals surface area contributed by atoms with Gasteiger partial charge in [-0.25, -0.2) is 4.79 Å². The molecule has 0 spiro atoms. The van der Waals surface area contributed by atoms with Crippen molar-refractivity contribution in [3.63, 3.8) is 0 Å². The summed E-state index contributed by atoms with van der Waals surface area (Å²) in [5.74, 6) is 0.670. The summed E-state index contributed by atoms with van der Waals surface area (Å²) in [4.78, 5) is 12.1. The molecule has 100 valence electrons. The molecule has 0 bridgehead atoms. The van der Waals surface area contributed by atoms with Crippen LogP contribution in [0.2, 0.25) is 0 Å². The molecule has 0 atom stereocenters. The Morgan fingerprint density at radius 3 is 2.60 bits per heavy atom. The van der Waals surface area contributed by atoms with Gasteiger partial charge in [0.2, 0.25) is 0 Å². The highest BCUT2D eigenvalue weighted by atomic mass is 16.5. The number of rotatable bonds is 2. The number of aromatic hydroxyl groups is 1. The number of hydrogen-bond acceptors (Lipinski definition) is 4. The Morgan fingerprint density at radius 1 is 1.05 bits per heavy atom. The van der Waals surface area contributed by atoms with Crippen LogP contribution in [0.3, 0.4) is 0 Å². The maximum Gasteiger partial charge on any atom is 0.344 e. The molecule has 4 nitrogen and oxygen atoms in total. The summed E-state index contributed by atoms with van der Waals surface area (Å²) in [7, 11) is 1.55. The Kier molecular flexibility index (Phi) is 2.91. The maximum absolute atomic E-state index is 12.1. The van der Waals surface area contributed by atoms with E-state index in [1.807, 2.05) is 0 Å². The molecule has 0 aliphatic heterocycles. The molecule has 2 aromatic carbocycles. The fourth-order valence-corrected chi connectivity index (χ4v) is 2.11. The Hall–Kier alpha value is -2.75. The molecule has 0 fully saturated rings. The molecular weight excluding hydrogens is 256 g/mol. The molecule has 0 aliphatic carbocycles. The van der Waals surface area contributed by atoms with Crippen LogP contribution in [0.15, 0.2) is 57.7 Å². The highest BCUT2D eigenvalue weighted by Crippen LogP contribution is 2.29. The van der Waals surface area contributed by atoms with E-state index in [1.165, 1.54) is 6.07 Å². The van der Waals surface area contributed by atoms with E-state index in [9.17, 15) is 9.90 Å². The monoisotopic (exact) mass is 268 g/mol. The predicted molar refractivity (Wildman–Crippen MR) is 76.1 cm³/mol. The van der Waals surface area contributed by atoms with Gasteiger partial charge in [0.25, 0.3) is 0 Å². The van der Waals surface area contributed by atoms with Crippen molar-refractivity contribution in [2.24, 2.45) is 0 Å². The number of ether oxygens (including phenoxy) is 1. The van der Waals surface area contributed by atoms with Gasteiger partial charge in [-0.1, -0.05) is 18.2 Å². The molecule has 1 heterocycles. The van der Waals surface area contributed by atoms with E-state index >= 15 is 0 Å². The minimum Gasteiger partial charge on any atom is -0.507 e. The van der Waals surface area contributed by atoms with Crippen LogP contribution >= 0.6 is 0 Å². The first-order chi connectivity index (χ1) is 9.69. The third kappa shape index (κ3) is 2.01. The van der Waals surface area contributed by atoms with E-state index < -0.39 is 5.63 Å². The van der Waals surface area contributed by atoms with Crippen LogP contribution in [0.4, 0.5) is 0 Å². The SMILES string of the molecule is COc1ccc2cc(-c3ccccc3O)c(=O)oc2c1. The van der Waals surface area contributed by atoms with Crippen LogP contribution in [-0.4, -0.2) is 12.2 Å². The average molecular weight is 268 g/mol. The number of para-hydroxylation sites is 1. The number of benzene rings is 2. The van der Waals surface area contributed by atoms with Gasteiger partial charge in [0.15, 0.2) is 0 Å². The van der Waals surface area contributed by atoms with E-state index in [2.05, 4.69) is 0 Å². The first-order valence-corrected chi connectivity index (χ1v) is 6.09. The largest absolute Gasteiger partial charge is 0.507 e. The zero-order valence-electron chi connectivity index (χ0n) is 10.8. The van der Waals surface area contributed by atoms with Gasteiger partial charge in [-0.3, -0.25) is 0 Å². The Bertz CT molecular complexity index is 833. The minimum atomic E-state index is -0.493. The van der Waals surface area contributed by atoms with Crippen molar-refractivity contribution in [3.8, 4) is 22.6 Å². The van der Waals surface area contributed by atoms with Crippen molar-refractivity contribution in [2.75, 3.05) is 7.11 Å². The topological polar surface area (TPSA) is 59.7 Å². The lowest BCUT2D eigenvalue weighted by atomic mass is 10.1. The molecule has 0 amide bonds. The van der Waals surface area contributed by atoms with Gasteiger partial charge in [-0.15, -0.1) is 0 Å². The molecule has 0 saturated carbocycles. The van der Waals surface area contributed by atoms with Crippen molar-refractivity contribution in [3.05, 3.63) is 59.0 Å². The second-order valence-electron chi connectivity index (χ2n) is 4.37. The minimum absolute atomic E-state index is 0.0488. The van der Waals surface area contributed by atoms with Crippen LogP contribution in [0.1, 0.15) is 0 Å². The molecule has 0 unspecified atom stereocenters. The fraction of sp³-hybridized carbons (Fsp3) is 0.0625. The molecule has 0 aliphatic rings. The molecule has 3 aromatic rings. The van der Waals surface area contributed by atoms with Crippen molar-refractivity contribution >= 4 is 11.0 Å². The third-order valence-electron chi connectivity index (χ3n) is 3.14. The van der Waals surface area contributed by atoms with Crippen molar-refractivity contribution < 1.29 is 14.3 Å². The number of phenolic OH excluding ortho intramolecular Hbond substituents is 1. The highest BCUT2D eigenvalue weighted by Gasteiger charge is 2.11. The van der Waals surface area contributed by atoms with Crippen LogP contribution in [0.5, 0.6) is 11.5 Å². The Labute approximate surface area is 114 Å². The first-order valence-electron chi connectivity index (χ1n) is 6.09. The van der Waals surface area contributed by atoms with Crippen molar-refractivity contribution in [1.29, 1.82) is 0 Å². The summed E-state index contributed by atoms with van der Waals surface area (Å²) in [6.45, 7) is 0. The van der Waals surface area contributed by atoms with E-state index in [0.717, 1.165) is 5.39 Å². The van der Waals surface area contributed by atoms with Gasteiger partial charge < -0.3 is 14.3 Å². The van der Waals surface area contributed by atoms with Crippen molar-refractivity contribution in [1.82, 2.24) is 0 Å². The van der Waals surface area contributed by atoms with E-state index in [0.29, 0.717) is 22.5 Å². The lowest BCUT2D eigenvalue weighted by Gasteiger charge is -2.05. The summed E-state index contributed by atoms with van der Waals surface area (Å²) in [6, 6.07) is 13.6. The standard InChI is InChI=1S/C16H12O4/c1-19-11-7-6-10-8-13(16(18)20-15(10)9-11)12-4-2-3-5-14(12)17/h2-9,17H,1H3. The smallest absolute Gasteiger partial charge is 0.344 e. The van der Waals surface area contributed by atoms with Crippen LogP contribution in [0.25, 0.3) is 22.1 Å². The van der Waals surface area contributed by atoms with E-state index in [4.69, 9.17) is 9.15 Å². The van der Waals surface area contributed by atoms with Gasteiger partial charge in [0.1, 0.15) is 17.1 Å². The Morgan fingerprint density at radius 2 is 1.85 bits per heavy atom. The summed E-state index contributed by atoms with van der Waals surface area (Å²) in [5.41, 5.74) is 0.750. The summed E-state index contributed by atoms with van der Waals surface area (Å²) in [5, 5.41) is 10.6. The van der Waals surface area contributed by atoms with Crippen LogP contribution < -0.4 is 10.4 Å². The Balaban J connectivity index is 2.26. The lowest BCUT2D eigenvalue weighted by molar-refractivity contribution is 0.414. The number of methoxy groups -OCH3 is 1. The van der Waals surface area contributed by atoms with Gasteiger partial charge in [-0.2, -0.15) is 0 Å². The second kappa shape index (κ2) is 4.74. The quantitative estimate of drug-likeness (QED) is 0.725. The first kappa shape index (κ1) is 12.3. The summed E-state index contributed by atoms with van der Waals surface area (Å²) < 4.78 is 10.4. The van der Waals surface area contributed by atoms with Crippen molar-refractivity contribution in [2.45, 2.75) is 0 Å². The number of fused-ring (bicyclic) bond motifs is 1. The summed E-state index contributed by atoms with van der Waals surface area (Å²) >= 11 is 0. The zero-order chi connectivity index (χ0) is 14.1. The molecule has 1 aromatic heterocycles. The molecule has 1 N–H and O–H groups in total. The normalized spacial score (nSPS) is 10.7. The zero-order valence-corrected chi connectivity index (χ0v) is 10.8.